The summed E-state index contributed by atoms with van der Waals surface area (Å²) in [4.78, 5) is 16.7. The maximum absolute atomic E-state index is 12.0. The zero-order valence-corrected chi connectivity index (χ0v) is 17.5. The Labute approximate surface area is 186 Å². The number of benzene rings is 3. The Morgan fingerprint density at radius 1 is 1.00 bits per heavy atom. The molecule has 0 aliphatic rings. The van der Waals surface area contributed by atoms with E-state index < -0.39 is 5.91 Å². The smallest absolute Gasteiger partial charge is 0.293 e. The van der Waals surface area contributed by atoms with Crippen LogP contribution in [0.2, 0.25) is 5.02 Å². The molecular formula is C23H14ClN3O3S. The van der Waals surface area contributed by atoms with Gasteiger partial charge in [-0.05, 0) is 60.1 Å². The lowest BCUT2D eigenvalue weighted by atomic mass is 10.0. The standard InChI is InChI=1S/C23H14ClN3O3S/c24-17-7-2-4-14-15(17)5-1-6-16(14)22-26-18-12-13(9-10-19(18)30-22)25-23(31)27-21(28)20-8-3-11-29-20/h1-12H,(H2,25,27,28,31). The van der Waals surface area contributed by atoms with E-state index in [-0.39, 0.29) is 10.9 Å². The number of nitrogens with zero attached hydrogens (tertiary/aromatic N) is 1. The number of halogens is 1. The summed E-state index contributed by atoms with van der Waals surface area (Å²) in [6.45, 7) is 0. The van der Waals surface area contributed by atoms with Gasteiger partial charge in [0.15, 0.2) is 16.5 Å². The molecule has 0 atom stereocenters. The molecular weight excluding hydrogens is 434 g/mol. The number of oxazole rings is 1. The van der Waals surface area contributed by atoms with Gasteiger partial charge >= 0.3 is 0 Å². The fourth-order valence-corrected chi connectivity index (χ4v) is 3.76. The molecule has 0 spiro atoms. The largest absolute Gasteiger partial charge is 0.459 e. The van der Waals surface area contributed by atoms with Crippen molar-refractivity contribution in [3.05, 3.63) is 83.8 Å². The first-order chi connectivity index (χ1) is 15.1. The van der Waals surface area contributed by atoms with Crippen molar-refractivity contribution in [2.24, 2.45) is 0 Å². The highest BCUT2D eigenvalue weighted by atomic mass is 35.5. The van der Waals surface area contributed by atoms with E-state index in [0.717, 1.165) is 16.3 Å². The topological polar surface area (TPSA) is 80.3 Å². The molecule has 2 heterocycles. The molecule has 2 N–H and O–H groups in total. The van der Waals surface area contributed by atoms with Crippen molar-refractivity contribution in [1.29, 1.82) is 0 Å². The average molecular weight is 448 g/mol. The Morgan fingerprint density at radius 3 is 2.68 bits per heavy atom. The van der Waals surface area contributed by atoms with Crippen LogP contribution in [0.15, 0.2) is 81.8 Å². The summed E-state index contributed by atoms with van der Waals surface area (Å²) in [7, 11) is 0. The fraction of sp³-hybridized carbons (Fsp3) is 0. The molecule has 0 aliphatic carbocycles. The van der Waals surface area contributed by atoms with E-state index >= 15 is 0 Å². The lowest BCUT2D eigenvalue weighted by Gasteiger charge is -2.08. The number of carbonyl (C=O) groups is 1. The van der Waals surface area contributed by atoms with Crippen molar-refractivity contribution in [3.8, 4) is 11.5 Å². The zero-order valence-electron chi connectivity index (χ0n) is 15.9. The molecule has 1 amide bonds. The van der Waals surface area contributed by atoms with Crippen molar-refractivity contribution in [3.63, 3.8) is 0 Å². The van der Waals surface area contributed by atoms with E-state index in [0.29, 0.717) is 27.7 Å². The number of thiocarbonyl (C=S) groups is 1. The number of anilines is 1. The Bertz CT molecular complexity index is 1440. The maximum Gasteiger partial charge on any atom is 0.293 e. The van der Waals surface area contributed by atoms with Gasteiger partial charge in [0.05, 0.1) is 6.26 Å². The van der Waals surface area contributed by atoms with E-state index in [4.69, 9.17) is 32.7 Å². The number of aromatic nitrogens is 1. The number of hydrogen-bond donors (Lipinski definition) is 2. The average Bonchev–Trinajstić information content (AvgIpc) is 3.43. The lowest BCUT2D eigenvalue weighted by molar-refractivity contribution is 0.0950. The van der Waals surface area contributed by atoms with Gasteiger partial charge in [-0.25, -0.2) is 4.98 Å². The van der Waals surface area contributed by atoms with E-state index in [1.54, 1.807) is 30.3 Å². The van der Waals surface area contributed by atoms with Crippen LogP contribution in [0.1, 0.15) is 10.6 Å². The second-order valence-electron chi connectivity index (χ2n) is 6.73. The SMILES string of the molecule is O=C(NC(=S)Nc1ccc2oc(-c3cccc4c(Cl)cccc34)nc2c1)c1ccco1. The van der Waals surface area contributed by atoms with Gasteiger partial charge in [0.25, 0.3) is 5.91 Å². The van der Waals surface area contributed by atoms with Gasteiger partial charge in [-0.15, -0.1) is 0 Å². The predicted molar refractivity (Wildman–Crippen MR) is 124 cm³/mol. The molecule has 0 radical (unpaired) electrons. The molecule has 0 saturated heterocycles. The molecule has 3 aromatic carbocycles. The number of nitrogens with one attached hydrogen (secondary N) is 2. The van der Waals surface area contributed by atoms with Crippen LogP contribution >= 0.6 is 23.8 Å². The van der Waals surface area contributed by atoms with E-state index in [1.165, 1.54) is 6.26 Å². The number of rotatable bonds is 3. The molecule has 5 aromatic rings. The summed E-state index contributed by atoms with van der Waals surface area (Å²) < 4.78 is 11.0. The van der Waals surface area contributed by atoms with Crippen LogP contribution in [-0.4, -0.2) is 16.0 Å². The third-order valence-corrected chi connectivity index (χ3v) is 5.25. The zero-order chi connectivity index (χ0) is 21.4. The molecule has 0 unspecified atom stereocenters. The Balaban J connectivity index is 1.41. The van der Waals surface area contributed by atoms with Gasteiger partial charge in [-0.1, -0.05) is 35.9 Å². The monoisotopic (exact) mass is 447 g/mol. The first-order valence-electron chi connectivity index (χ1n) is 9.32. The molecule has 31 heavy (non-hydrogen) atoms. The van der Waals surface area contributed by atoms with E-state index in [1.807, 2.05) is 36.4 Å². The molecule has 5 rings (SSSR count). The van der Waals surface area contributed by atoms with Gasteiger partial charge in [0.2, 0.25) is 5.89 Å². The van der Waals surface area contributed by atoms with Crippen LogP contribution in [0.3, 0.4) is 0 Å². The number of carbonyl (C=O) groups excluding carboxylic acids is 1. The van der Waals surface area contributed by atoms with Crippen LogP contribution < -0.4 is 10.6 Å². The molecule has 0 bridgehead atoms. The minimum absolute atomic E-state index is 0.146. The Hall–Kier alpha value is -3.68. The maximum atomic E-state index is 12.0. The van der Waals surface area contributed by atoms with Gasteiger partial charge in [-0.3, -0.25) is 10.1 Å². The summed E-state index contributed by atoms with van der Waals surface area (Å²) in [6.07, 6.45) is 1.42. The molecule has 6 nitrogen and oxygen atoms in total. The number of hydrogen-bond acceptors (Lipinski definition) is 5. The first-order valence-corrected chi connectivity index (χ1v) is 10.1. The highest BCUT2D eigenvalue weighted by molar-refractivity contribution is 7.80. The first kappa shape index (κ1) is 19.3. The quantitative estimate of drug-likeness (QED) is 0.329. The van der Waals surface area contributed by atoms with Crippen LogP contribution in [0, 0.1) is 0 Å². The highest BCUT2D eigenvalue weighted by Gasteiger charge is 2.14. The second-order valence-corrected chi connectivity index (χ2v) is 7.54. The molecule has 8 heteroatoms. The molecule has 152 valence electrons. The summed E-state index contributed by atoms with van der Waals surface area (Å²) in [6, 6.07) is 20.1. The van der Waals surface area contributed by atoms with Crippen molar-refractivity contribution >= 4 is 62.4 Å². The van der Waals surface area contributed by atoms with Crippen LogP contribution in [0.5, 0.6) is 0 Å². The summed E-state index contributed by atoms with van der Waals surface area (Å²) in [5, 5.41) is 8.25. The number of fused-ring (bicyclic) bond motifs is 2. The van der Waals surface area contributed by atoms with E-state index in [9.17, 15) is 4.79 Å². The third-order valence-electron chi connectivity index (χ3n) is 4.72. The summed E-state index contributed by atoms with van der Waals surface area (Å²) >= 11 is 11.5. The third kappa shape index (κ3) is 3.76. The minimum Gasteiger partial charge on any atom is -0.459 e. The molecule has 2 aromatic heterocycles. The Morgan fingerprint density at radius 2 is 1.84 bits per heavy atom. The van der Waals surface area contributed by atoms with Gasteiger partial charge in [0.1, 0.15) is 5.52 Å². The van der Waals surface area contributed by atoms with Crippen LogP contribution in [-0.2, 0) is 0 Å². The lowest BCUT2D eigenvalue weighted by Crippen LogP contribution is -2.33. The van der Waals surface area contributed by atoms with Crippen molar-refractivity contribution in [2.45, 2.75) is 0 Å². The number of furan rings is 1. The van der Waals surface area contributed by atoms with Crippen LogP contribution in [0.25, 0.3) is 33.3 Å². The van der Waals surface area contributed by atoms with Crippen LogP contribution in [0.4, 0.5) is 5.69 Å². The molecule has 0 saturated carbocycles. The summed E-state index contributed by atoms with van der Waals surface area (Å²) in [5.74, 6) is 0.242. The predicted octanol–water partition coefficient (Wildman–Crippen LogP) is 6.02. The highest BCUT2D eigenvalue weighted by Crippen LogP contribution is 2.33. The fourth-order valence-electron chi connectivity index (χ4n) is 3.31. The van der Waals surface area contributed by atoms with Gasteiger partial charge in [-0.2, -0.15) is 0 Å². The molecule has 0 fully saturated rings. The van der Waals surface area contributed by atoms with E-state index in [2.05, 4.69) is 15.6 Å². The second kappa shape index (κ2) is 7.86. The van der Waals surface area contributed by atoms with Gasteiger partial charge in [0, 0.05) is 21.7 Å². The van der Waals surface area contributed by atoms with Gasteiger partial charge < -0.3 is 14.2 Å². The molecule has 0 aliphatic heterocycles. The minimum atomic E-state index is -0.429. The van der Waals surface area contributed by atoms with Crippen molar-refractivity contribution < 1.29 is 13.6 Å². The normalized spacial score (nSPS) is 11.0. The summed E-state index contributed by atoms with van der Waals surface area (Å²) in [5.41, 5.74) is 2.80. The van der Waals surface area contributed by atoms with Crippen molar-refractivity contribution in [2.75, 3.05) is 5.32 Å². The number of amides is 1. The van der Waals surface area contributed by atoms with Crippen molar-refractivity contribution in [1.82, 2.24) is 10.3 Å². The Kier molecular flexibility index (Phi) is 4.89.